The van der Waals surface area contributed by atoms with Gasteiger partial charge in [-0.05, 0) is 13.8 Å². The standard InChI is InChI=1S/C19H32N2O7Si2/c1-18(29(3,4)5,20-13(22)9-10-14(20)23)27-17(26)28-19(2,30(6,7)8)21-15(24)11-12-16(21)25/h9-12H2,1-8H3. The zero-order valence-corrected chi connectivity index (χ0v) is 21.1. The van der Waals surface area contributed by atoms with Crippen LogP contribution in [0.1, 0.15) is 39.5 Å². The van der Waals surface area contributed by atoms with E-state index in [1.165, 1.54) is 0 Å². The molecule has 0 N–H and O–H groups in total. The molecule has 0 bridgehead atoms. The van der Waals surface area contributed by atoms with Gasteiger partial charge in [0.15, 0.2) is 10.7 Å². The van der Waals surface area contributed by atoms with Gasteiger partial charge in [-0.25, -0.2) is 14.6 Å². The maximum atomic E-state index is 13.0. The highest BCUT2D eigenvalue weighted by molar-refractivity contribution is 6.79. The van der Waals surface area contributed by atoms with Crippen LogP contribution in [0.5, 0.6) is 0 Å². The third-order valence-electron chi connectivity index (χ3n) is 6.30. The summed E-state index contributed by atoms with van der Waals surface area (Å²) in [7, 11) is -4.95. The summed E-state index contributed by atoms with van der Waals surface area (Å²) in [5.41, 5.74) is 0. The minimum atomic E-state index is -2.48. The Kier molecular flexibility index (Phi) is 6.14. The first-order valence-electron chi connectivity index (χ1n) is 10.1. The number of imide groups is 2. The average Bonchev–Trinajstić information content (AvgIpc) is 3.06. The molecule has 9 nitrogen and oxygen atoms in total. The number of carbonyl (C=O) groups is 5. The van der Waals surface area contributed by atoms with Crippen LogP contribution in [0, 0.1) is 0 Å². The van der Waals surface area contributed by atoms with Crippen LogP contribution in [0.2, 0.25) is 39.3 Å². The molecule has 2 fully saturated rings. The minimum Gasteiger partial charge on any atom is -0.411 e. The van der Waals surface area contributed by atoms with Gasteiger partial charge in [0.1, 0.15) is 16.1 Å². The molecule has 0 aromatic carbocycles. The van der Waals surface area contributed by atoms with Gasteiger partial charge in [-0.1, -0.05) is 39.3 Å². The Morgan fingerprint density at radius 3 is 1.10 bits per heavy atom. The summed E-state index contributed by atoms with van der Waals surface area (Å²) in [5.74, 6) is -1.57. The Morgan fingerprint density at radius 1 is 0.667 bits per heavy atom. The first kappa shape index (κ1) is 24.3. The van der Waals surface area contributed by atoms with E-state index in [9.17, 15) is 24.0 Å². The third kappa shape index (κ3) is 3.96. The number of hydrogen-bond donors (Lipinski definition) is 0. The molecule has 2 rings (SSSR count). The number of ether oxygens (including phenoxy) is 2. The van der Waals surface area contributed by atoms with Gasteiger partial charge in [-0.3, -0.25) is 19.2 Å². The fourth-order valence-electron chi connectivity index (χ4n) is 3.52. The molecule has 11 heteroatoms. The lowest BCUT2D eigenvalue weighted by Gasteiger charge is -2.47. The van der Waals surface area contributed by atoms with Gasteiger partial charge in [0.2, 0.25) is 23.6 Å². The first-order valence-corrected chi connectivity index (χ1v) is 17.1. The van der Waals surface area contributed by atoms with Crippen LogP contribution in [0.25, 0.3) is 0 Å². The molecule has 2 aliphatic heterocycles. The lowest BCUT2D eigenvalue weighted by molar-refractivity contribution is -0.163. The van der Waals surface area contributed by atoms with E-state index in [0.717, 1.165) is 9.80 Å². The molecule has 0 aromatic heterocycles. The predicted molar refractivity (Wildman–Crippen MR) is 113 cm³/mol. The zero-order valence-electron chi connectivity index (χ0n) is 19.1. The van der Waals surface area contributed by atoms with E-state index in [4.69, 9.17) is 9.47 Å². The molecule has 0 radical (unpaired) electrons. The number of amides is 4. The van der Waals surface area contributed by atoms with Gasteiger partial charge >= 0.3 is 6.16 Å². The molecule has 0 saturated carbocycles. The summed E-state index contributed by atoms with van der Waals surface area (Å²) in [6, 6.07) is 0. The van der Waals surface area contributed by atoms with Crippen LogP contribution in [0.3, 0.4) is 0 Å². The first-order chi connectivity index (χ1) is 13.5. The summed E-state index contributed by atoms with van der Waals surface area (Å²) in [5, 5.41) is -2.93. The van der Waals surface area contributed by atoms with Crippen molar-refractivity contribution in [1.82, 2.24) is 9.80 Å². The number of likely N-dealkylation sites (tertiary alicyclic amines) is 2. The average molecular weight is 457 g/mol. The quantitative estimate of drug-likeness (QED) is 0.343. The fraction of sp³-hybridized carbons (Fsp3) is 0.737. The SMILES string of the molecule is CC(OC(=O)OC(C)(N1C(=O)CCC1=O)[Si](C)(C)C)(N1C(=O)CCC1=O)[Si](C)(C)C. The van der Waals surface area contributed by atoms with Crippen molar-refractivity contribution in [2.75, 3.05) is 0 Å². The number of hydrogen-bond acceptors (Lipinski definition) is 7. The predicted octanol–water partition coefficient (Wildman–Crippen LogP) is 2.62. The van der Waals surface area contributed by atoms with Crippen LogP contribution in [-0.2, 0) is 28.7 Å². The molecular formula is C19H32N2O7Si2. The largest absolute Gasteiger partial charge is 0.512 e. The second-order valence-corrected chi connectivity index (χ2v) is 21.0. The second-order valence-electron chi connectivity index (χ2n) is 10.2. The van der Waals surface area contributed by atoms with Gasteiger partial charge in [0.25, 0.3) is 0 Å². The summed E-state index contributed by atoms with van der Waals surface area (Å²) >= 11 is 0. The van der Waals surface area contributed by atoms with Crippen LogP contribution < -0.4 is 0 Å². The van der Waals surface area contributed by atoms with Crippen LogP contribution in [-0.4, -0.2) is 66.4 Å². The molecule has 168 valence electrons. The zero-order chi connectivity index (χ0) is 23.3. The number of rotatable bonds is 6. The molecule has 2 saturated heterocycles. The summed E-state index contributed by atoms with van der Waals surface area (Å²) in [4.78, 5) is 64.7. The molecule has 2 atom stereocenters. The Hall–Kier alpha value is -2.02. The molecule has 0 spiro atoms. The van der Waals surface area contributed by atoms with Crippen molar-refractivity contribution in [3.8, 4) is 0 Å². The lowest BCUT2D eigenvalue weighted by Crippen LogP contribution is -2.68. The Morgan fingerprint density at radius 2 is 0.900 bits per heavy atom. The van der Waals surface area contributed by atoms with E-state index in [1.807, 2.05) is 39.3 Å². The molecule has 4 amide bonds. The molecule has 2 heterocycles. The van der Waals surface area contributed by atoms with Gasteiger partial charge in [-0.2, -0.15) is 0 Å². The van der Waals surface area contributed by atoms with Crippen LogP contribution in [0.4, 0.5) is 4.79 Å². The van der Waals surface area contributed by atoms with E-state index < -0.39 is 56.6 Å². The molecular weight excluding hydrogens is 424 g/mol. The van der Waals surface area contributed by atoms with E-state index in [0.29, 0.717) is 0 Å². The monoisotopic (exact) mass is 456 g/mol. The van der Waals surface area contributed by atoms with Crippen molar-refractivity contribution in [2.45, 2.75) is 89.5 Å². The van der Waals surface area contributed by atoms with Crippen molar-refractivity contribution >= 4 is 45.9 Å². The van der Waals surface area contributed by atoms with Crippen molar-refractivity contribution < 1.29 is 33.4 Å². The highest BCUT2D eigenvalue weighted by Crippen LogP contribution is 2.37. The highest BCUT2D eigenvalue weighted by atomic mass is 28.3. The molecule has 2 unspecified atom stereocenters. The Labute approximate surface area is 179 Å². The van der Waals surface area contributed by atoms with Crippen molar-refractivity contribution in [3.05, 3.63) is 0 Å². The summed E-state index contributed by atoms with van der Waals surface area (Å²) < 4.78 is 11.4. The molecule has 30 heavy (non-hydrogen) atoms. The molecule has 0 aliphatic carbocycles. The topological polar surface area (TPSA) is 110 Å². The third-order valence-corrected chi connectivity index (χ3v) is 12.5. The lowest BCUT2D eigenvalue weighted by atomic mass is 10.4. The smallest absolute Gasteiger partial charge is 0.411 e. The number of carbonyl (C=O) groups excluding carboxylic acids is 5. The molecule has 2 aliphatic rings. The van der Waals surface area contributed by atoms with Crippen LogP contribution >= 0.6 is 0 Å². The van der Waals surface area contributed by atoms with Crippen molar-refractivity contribution in [1.29, 1.82) is 0 Å². The van der Waals surface area contributed by atoms with Gasteiger partial charge in [0, 0.05) is 25.7 Å². The Balaban J connectivity index is 2.39. The van der Waals surface area contributed by atoms with Crippen molar-refractivity contribution in [2.24, 2.45) is 0 Å². The summed E-state index contributed by atoms with van der Waals surface area (Å²) in [6.07, 6.45) is -0.826. The van der Waals surface area contributed by atoms with E-state index in [2.05, 4.69) is 0 Å². The van der Waals surface area contributed by atoms with E-state index in [1.54, 1.807) is 13.8 Å². The normalized spacial score (nSPS) is 22.3. The molecule has 0 aromatic rings. The maximum absolute atomic E-state index is 13.0. The Bertz CT molecular complexity index is 706. The second kappa shape index (κ2) is 7.59. The summed E-state index contributed by atoms with van der Waals surface area (Å²) in [6.45, 7) is 14.4. The highest BCUT2D eigenvalue weighted by Gasteiger charge is 2.58. The minimum absolute atomic E-state index is 0.0702. The fourth-order valence-corrected chi connectivity index (χ4v) is 6.14. The maximum Gasteiger partial charge on any atom is 0.512 e. The van der Waals surface area contributed by atoms with E-state index in [-0.39, 0.29) is 25.7 Å². The van der Waals surface area contributed by atoms with Gasteiger partial charge < -0.3 is 9.47 Å². The number of nitrogens with zero attached hydrogens (tertiary/aromatic N) is 2. The van der Waals surface area contributed by atoms with Gasteiger partial charge in [0.05, 0.1) is 0 Å². The van der Waals surface area contributed by atoms with Crippen LogP contribution in [0.15, 0.2) is 0 Å². The van der Waals surface area contributed by atoms with Gasteiger partial charge in [-0.15, -0.1) is 0 Å². The van der Waals surface area contributed by atoms with Crippen molar-refractivity contribution in [3.63, 3.8) is 0 Å². The van der Waals surface area contributed by atoms with E-state index >= 15 is 0 Å².